The van der Waals surface area contributed by atoms with Crippen molar-refractivity contribution >= 4 is 11.0 Å². The lowest BCUT2D eigenvalue weighted by Crippen LogP contribution is -2.11. The van der Waals surface area contributed by atoms with Gasteiger partial charge in [0, 0.05) is 0 Å². The van der Waals surface area contributed by atoms with Crippen molar-refractivity contribution in [2.24, 2.45) is 5.73 Å². The average molecular weight is 245 g/mol. The number of aromatic nitrogens is 2. The summed E-state index contributed by atoms with van der Waals surface area (Å²) in [6, 6.07) is 6.43. The van der Waals surface area contributed by atoms with Crippen molar-refractivity contribution in [3.8, 4) is 0 Å². The maximum atomic E-state index is 6.10. The molecular weight excluding hydrogens is 222 g/mol. The van der Waals surface area contributed by atoms with E-state index >= 15 is 0 Å². The van der Waals surface area contributed by atoms with Crippen LogP contribution < -0.4 is 5.73 Å². The fraction of sp³-hybridized carbons (Fsp3) is 0.533. The average Bonchev–Trinajstić information content (AvgIpc) is 2.70. The highest BCUT2D eigenvalue weighted by atomic mass is 15.0. The molecule has 0 bridgehead atoms. The highest BCUT2D eigenvalue weighted by Gasteiger charge is 2.16. The number of hydrogen-bond donors (Lipinski definition) is 2. The van der Waals surface area contributed by atoms with Gasteiger partial charge in [0.05, 0.1) is 17.1 Å². The van der Waals surface area contributed by atoms with E-state index in [1.165, 1.54) is 5.56 Å². The number of hydrogen-bond acceptors (Lipinski definition) is 2. The topological polar surface area (TPSA) is 54.7 Å². The molecule has 0 aliphatic carbocycles. The van der Waals surface area contributed by atoms with Crippen LogP contribution in [0.4, 0.5) is 0 Å². The molecular formula is C15H23N3. The van der Waals surface area contributed by atoms with E-state index in [-0.39, 0.29) is 11.5 Å². The third kappa shape index (κ3) is 2.56. The van der Waals surface area contributed by atoms with E-state index in [0.717, 1.165) is 29.7 Å². The van der Waals surface area contributed by atoms with E-state index < -0.39 is 0 Å². The van der Waals surface area contributed by atoms with Gasteiger partial charge in [-0.3, -0.25) is 0 Å². The molecule has 1 aromatic heterocycles. The number of imidazole rings is 1. The number of H-pyrrole nitrogens is 1. The van der Waals surface area contributed by atoms with Crippen molar-refractivity contribution in [3.63, 3.8) is 0 Å². The molecule has 0 aliphatic heterocycles. The summed E-state index contributed by atoms with van der Waals surface area (Å²) in [5, 5.41) is 0. The molecule has 2 rings (SSSR count). The van der Waals surface area contributed by atoms with Crippen LogP contribution in [0.15, 0.2) is 18.2 Å². The molecule has 3 N–H and O–H groups in total. The number of aromatic amines is 1. The quantitative estimate of drug-likeness (QED) is 0.867. The summed E-state index contributed by atoms with van der Waals surface area (Å²) >= 11 is 0. The fourth-order valence-electron chi connectivity index (χ4n) is 2.12. The number of benzene rings is 1. The van der Waals surface area contributed by atoms with Crippen LogP contribution in [0.25, 0.3) is 11.0 Å². The second kappa shape index (κ2) is 4.73. The van der Waals surface area contributed by atoms with Gasteiger partial charge in [0.15, 0.2) is 0 Å². The van der Waals surface area contributed by atoms with Gasteiger partial charge in [0.25, 0.3) is 0 Å². The zero-order valence-corrected chi connectivity index (χ0v) is 11.7. The summed E-state index contributed by atoms with van der Waals surface area (Å²) in [4.78, 5) is 7.93. The summed E-state index contributed by atoms with van der Waals surface area (Å²) in [6.45, 7) is 8.79. The van der Waals surface area contributed by atoms with Crippen LogP contribution in [0.5, 0.6) is 0 Å². The Morgan fingerprint density at radius 3 is 2.67 bits per heavy atom. The highest BCUT2D eigenvalue weighted by molar-refractivity contribution is 5.76. The summed E-state index contributed by atoms with van der Waals surface area (Å²) in [6.07, 6.45) is 2.04. The summed E-state index contributed by atoms with van der Waals surface area (Å²) in [5.41, 5.74) is 9.66. The van der Waals surface area contributed by atoms with Crippen LogP contribution >= 0.6 is 0 Å². The molecule has 3 nitrogen and oxygen atoms in total. The molecule has 1 aromatic carbocycles. The Morgan fingerprint density at radius 1 is 1.33 bits per heavy atom. The predicted molar refractivity (Wildman–Crippen MR) is 76.6 cm³/mol. The molecule has 0 aliphatic rings. The van der Waals surface area contributed by atoms with Crippen LogP contribution in [0, 0.1) is 0 Å². The largest absolute Gasteiger partial charge is 0.341 e. The van der Waals surface area contributed by atoms with Gasteiger partial charge in [-0.2, -0.15) is 0 Å². The van der Waals surface area contributed by atoms with Crippen molar-refractivity contribution in [2.45, 2.75) is 52.0 Å². The second-order valence-electron chi connectivity index (χ2n) is 6.00. The van der Waals surface area contributed by atoms with Gasteiger partial charge < -0.3 is 10.7 Å². The SMILES string of the molecule is CCC[C@H](N)c1nc2ccc(C(C)(C)C)cc2[nH]1. The van der Waals surface area contributed by atoms with Gasteiger partial charge in [0.2, 0.25) is 0 Å². The van der Waals surface area contributed by atoms with E-state index in [4.69, 9.17) is 5.73 Å². The third-order valence-corrected chi connectivity index (χ3v) is 3.32. The van der Waals surface area contributed by atoms with Gasteiger partial charge >= 0.3 is 0 Å². The zero-order chi connectivity index (χ0) is 13.3. The Morgan fingerprint density at radius 2 is 2.06 bits per heavy atom. The number of nitrogens with two attached hydrogens (primary N) is 1. The van der Waals surface area contributed by atoms with Crippen LogP contribution in [0.3, 0.4) is 0 Å². The van der Waals surface area contributed by atoms with Gasteiger partial charge in [-0.15, -0.1) is 0 Å². The molecule has 0 radical (unpaired) electrons. The third-order valence-electron chi connectivity index (χ3n) is 3.32. The Kier molecular flexibility index (Phi) is 3.44. The van der Waals surface area contributed by atoms with Crippen molar-refractivity contribution < 1.29 is 0 Å². The summed E-state index contributed by atoms with van der Waals surface area (Å²) < 4.78 is 0. The molecule has 3 heteroatoms. The Bertz CT molecular complexity index is 534. The highest BCUT2D eigenvalue weighted by Crippen LogP contribution is 2.26. The summed E-state index contributed by atoms with van der Waals surface area (Å²) in [7, 11) is 0. The van der Waals surface area contributed by atoms with Gasteiger partial charge in [-0.25, -0.2) is 4.98 Å². The van der Waals surface area contributed by atoms with Crippen molar-refractivity contribution in [1.29, 1.82) is 0 Å². The Hall–Kier alpha value is -1.35. The number of nitrogens with one attached hydrogen (secondary N) is 1. The predicted octanol–water partition coefficient (Wildman–Crippen LogP) is 3.66. The molecule has 0 spiro atoms. The van der Waals surface area contributed by atoms with Crippen LogP contribution in [0.1, 0.15) is 58.0 Å². The van der Waals surface area contributed by atoms with Gasteiger partial charge in [0.1, 0.15) is 5.82 Å². The normalized spacial score (nSPS) is 14.1. The molecule has 0 unspecified atom stereocenters. The monoisotopic (exact) mass is 245 g/mol. The lowest BCUT2D eigenvalue weighted by molar-refractivity contribution is 0.591. The standard InChI is InChI=1S/C15H23N3/c1-5-6-11(16)14-17-12-8-7-10(15(2,3)4)9-13(12)18-14/h7-9,11H,5-6,16H2,1-4H3,(H,17,18)/t11-/m0/s1. The summed E-state index contributed by atoms with van der Waals surface area (Å²) in [5.74, 6) is 0.901. The van der Waals surface area contributed by atoms with Crippen molar-refractivity contribution in [3.05, 3.63) is 29.6 Å². The zero-order valence-electron chi connectivity index (χ0n) is 11.7. The van der Waals surface area contributed by atoms with Crippen LogP contribution in [0.2, 0.25) is 0 Å². The maximum absolute atomic E-state index is 6.10. The smallest absolute Gasteiger partial charge is 0.124 e. The lowest BCUT2D eigenvalue weighted by Gasteiger charge is -2.18. The van der Waals surface area contributed by atoms with Crippen molar-refractivity contribution in [2.75, 3.05) is 0 Å². The van der Waals surface area contributed by atoms with E-state index in [1.807, 2.05) is 0 Å². The van der Waals surface area contributed by atoms with E-state index in [0.29, 0.717) is 0 Å². The molecule has 0 fully saturated rings. The fourth-order valence-corrected chi connectivity index (χ4v) is 2.12. The van der Waals surface area contributed by atoms with E-state index in [2.05, 4.69) is 55.9 Å². The van der Waals surface area contributed by atoms with E-state index in [9.17, 15) is 0 Å². The first kappa shape index (κ1) is 13.1. The van der Waals surface area contributed by atoms with Crippen molar-refractivity contribution in [1.82, 2.24) is 9.97 Å². The molecule has 2 aromatic rings. The number of rotatable bonds is 3. The number of fused-ring (bicyclic) bond motifs is 1. The van der Waals surface area contributed by atoms with Gasteiger partial charge in [-0.05, 0) is 29.5 Å². The number of nitrogens with zero attached hydrogens (tertiary/aromatic N) is 1. The minimum atomic E-state index is 0.0143. The first-order valence-electron chi connectivity index (χ1n) is 6.67. The van der Waals surface area contributed by atoms with Gasteiger partial charge in [-0.1, -0.05) is 40.2 Å². The molecule has 1 heterocycles. The Labute approximate surface area is 109 Å². The van der Waals surface area contributed by atoms with Crippen LogP contribution in [-0.4, -0.2) is 9.97 Å². The van der Waals surface area contributed by atoms with E-state index in [1.54, 1.807) is 0 Å². The Balaban J connectivity index is 2.40. The molecule has 1 atom stereocenters. The first-order valence-corrected chi connectivity index (χ1v) is 6.67. The second-order valence-corrected chi connectivity index (χ2v) is 6.00. The molecule has 18 heavy (non-hydrogen) atoms. The first-order chi connectivity index (χ1) is 8.41. The van der Waals surface area contributed by atoms with Crippen LogP contribution in [-0.2, 0) is 5.41 Å². The molecule has 0 saturated carbocycles. The maximum Gasteiger partial charge on any atom is 0.124 e. The molecule has 0 amide bonds. The molecule has 0 saturated heterocycles. The molecule has 98 valence electrons. The minimum absolute atomic E-state index is 0.0143. The lowest BCUT2D eigenvalue weighted by atomic mass is 9.87. The minimum Gasteiger partial charge on any atom is -0.341 e.